The highest BCUT2D eigenvalue weighted by molar-refractivity contribution is 9.12. The van der Waals surface area contributed by atoms with Crippen LogP contribution in [-0.2, 0) is 23.6 Å². The highest BCUT2D eigenvalue weighted by atomic mass is 79.9. The Hall–Kier alpha value is -8.55. The van der Waals surface area contributed by atoms with Crippen LogP contribution in [-0.4, -0.2) is 67.9 Å². The first-order valence-electron chi connectivity index (χ1n) is 41.5. The van der Waals surface area contributed by atoms with Gasteiger partial charge < -0.3 is 26.3 Å². The van der Waals surface area contributed by atoms with Crippen LogP contribution < -0.4 is 35.1 Å². The summed E-state index contributed by atoms with van der Waals surface area (Å²) in [5.74, 6) is 0.127. The van der Waals surface area contributed by atoms with E-state index in [2.05, 4.69) is 170 Å². The van der Waals surface area contributed by atoms with Crippen LogP contribution in [0, 0.1) is 17.2 Å². The van der Waals surface area contributed by atoms with E-state index in [1.54, 1.807) is 179 Å². The molecule has 3 heterocycles. The monoisotopic (exact) mass is 2550 g/mol. The van der Waals surface area contributed by atoms with E-state index in [0.29, 0.717) is 92.6 Å². The lowest BCUT2D eigenvalue weighted by Gasteiger charge is -2.35. The molecule has 5 N–H and O–H groups in total. The highest BCUT2D eigenvalue weighted by Gasteiger charge is 2.60. The largest absolute Gasteiger partial charge is 0.498 e. The van der Waals surface area contributed by atoms with Crippen molar-refractivity contribution < 1.29 is 39.3 Å². The van der Waals surface area contributed by atoms with Crippen LogP contribution in [0.2, 0.25) is 25.1 Å². The summed E-state index contributed by atoms with van der Waals surface area (Å²) in [6.07, 6.45) is 0.735. The number of amides is 6. The number of halogens is 15. The molecule has 0 spiro atoms. The molecule has 0 bridgehead atoms. The van der Waals surface area contributed by atoms with Crippen molar-refractivity contribution in [1.29, 1.82) is 0 Å². The second-order valence-electron chi connectivity index (χ2n) is 30.9. The molecular formula is C104H83Br10Cl5N8O9. The summed E-state index contributed by atoms with van der Waals surface area (Å²) >= 11 is 64.0. The average molecular weight is 2570 g/mol. The zero-order chi connectivity index (χ0) is 98.6. The molecule has 32 heteroatoms. The maximum absolute atomic E-state index is 13.6. The fraction of sp³-hybridized carbons (Fsp3) is 0.135. The third-order valence-corrected chi connectivity index (χ3v) is 28.2. The van der Waals surface area contributed by atoms with Gasteiger partial charge in [-0.1, -0.05) is 297 Å². The lowest BCUT2D eigenvalue weighted by molar-refractivity contribution is 0.0369. The molecule has 14 aromatic carbocycles. The van der Waals surface area contributed by atoms with Gasteiger partial charge >= 0.3 is 24.2 Å². The number of alkyl halides is 1. The Morgan fingerprint density at radius 2 is 0.596 bits per heavy atom. The predicted octanol–water partition coefficient (Wildman–Crippen LogP) is 32.8. The van der Waals surface area contributed by atoms with Crippen LogP contribution in [0.25, 0.3) is 5.01 Å². The number of carbonyl (C=O) groups is 5. The van der Waals surface area contributed by atoms with E-state index in [9.17, 15) is 44.5 Å². The van der Waals surface area contributed by atoms with Crippen molar-refractivity contribution in [3.8, 4) is 6.07 Å². The standard InChI is InChI=1S/3C22H17Br2ClN2O2.C16H14BrClO.C9H8BrClO.C7H4BrNO.C6H6BrN/c3*1-14-22(29,15-3-2-4-18(25)13-15)27(20-11-7-17(24)8-12-20)21(28)26(14)19-9-5-16(23)6-10-19;1-11(9-12-5-7-14(17)8-6-12)16(19)13-3-2-4-15(18)10-13;1-6(10)9(12)7-3-2-4-8(11)5-7;8-7-3-1-6(2-4-7)5-9-10;7-5-1-3-6(8)4-2-5/h3*2-14,29H,1H3;2-8,10-11H,9H2,1H3;2-6H,1H3;1-4H;1-4H,8H2/t2*14-,22?;;;;;/m10...../s1. The van der Waals surface area contributed by atoms with Crippen molar-refractivity contribution in [2.24, 2.45) is 5.92 Å². The van der Waals surface area contributed by atoms with Crippen LogP contribution in [0.3, 0.4) is 0 Å². The van der Waals surface area contributed by atoms with Gasteiger partial charge in [-0.25, -0.2) is 14.4 Å². The number of hydrogen-bond acceptors (Lipinski definition) is 10. The maximum Gasteiger partial charge on any atom is 0.336 e. The van der Waals surface area contributed by atoms with Gasteiger partial charge in [-0.2, -0.15) is 0 Å². The van der Waals surface area contributed by atoms with E-state index in [1.165, 1.54) is 14.7 Å². The van der Waals surface area contributed by atoms with E-state index in [0.717, 1.165) is 57.9 Å². The number of ketones is 2. The molecular weight excluding hydrogens is 2480 g/mol. The molecule has 0 saturated carbocycles. The first kappa shape index (κ1) is 108. The van der Waals surface area contributed by atoms with Gasteiger partial charge in [-0.3, -0.25) is 39.0 Å². The van der Waals surface area contributed by atoms with Crippen molar-refractivity contribution in [2.45, 2.75) is 81.2 Å². The minimum atomic E-state index is -1.61. The van der Waals surface area contributed by atoms with E-state index in [1.807, 2.05) is 210 Å². The number of hydrogen-bond donors (Lipinski definition) is 4. The molecule has 0 radical (unpaired) electrons. The molecule has 6 amide bonds. The number of nitrogen functional groups attached to an aromatic ring is 1. The normalized spacial score (nSPS) is 17.8. The molecule has 3 aliphatic heterocycles. The minimum absolute atomic E-state index is 0.0532. The molecule has 698 valence electrons. The molecule has 3 saturated heterocycles. The van der Waals surface area contributed by atoms with E-state index >= 15 is 0 Å². The highest BCUT2D eigenvalue weighted by Crippen LogP contribution is 2.50. The van der Waals surface area contributed by atoms with E-state index in [4.69, 9.17) is 63.7 Å². The van der Waals surface area contributed by atoms with Crippen molar-refractivity contribution in [3.63, 3.8) is 0 Å². The maximum atomic E-state index is 13.6. The molecule has 0 aromatic heterocycles. The SMILES string of the molecule is CC(Br)C(=O)c1cccc(Cl)c1.CC(Cc1ccc(Br)cc1)C(=O)c1cccc(Cl)c1.CC1N(c2ccc(Br)cc2)C(=O)N(c2ccc(Br)cc2)C1(O)c1cccc(Cl)c1.C[C@@H]1N(c2ccc(Br)cc2)C(=O)N(c2ccc(Br)cc2)C1(O)c1cccc(Cl)c1.C[C@H]1N(c2ccc(Br)cc2)C(=O)N(c2ccc(Br)cc2)C1(O)c1cccc(Cl)c1.Nc1ccc(Br)cc1.[O-][N+]#Cc1ccc(Br)cc1. The number of carbonyl (C=O) groups excluding carboxylic acids is 5. The number of urea groups is 3. The van der Waals surface area contributed by atoms with Crippen LogP contribution in [0.15, 0.2) is 380 Å². The van der Waals surface area contributed by atoms with Gasteiger partial charge in [0.25, 0.3) is 0 Å². The average Bonchev–Trinajstić information content (AvgIpc) is 1.57. The second-order valence-corrected chi connectivity index (χ2v) is 42.7. The van der Waals surface area contributed by atoms with Gasteiger partial charge in [-0.15, -0.1) is 0 Å². The van der Waals surface area contributed by atoms with Gasteiger partial charge in [0.2, 0.25) is 0 Å². The summed E-state index contributed by atoms with van der Waals surface area (Å²) in [4.78, 5) is 73.4. The zero-order valence-electron chi connectivity index (χ0n) is 72.6. The number of nitrogens with zero attached hydrogens (tertiary/aromatic N) is 7. The third-order valence-electron chi connectivity index (χ3n) is 21.8. The predicted molar refractivity (Wildman–Crippen MR) is 590 cm³/mol. The molecule has 3 fully saturated rings. The van der Waals surface area contributed by atoms with E-state index in [-0.39, 0.29) is 40.4 Å². The van der Waals surface area contributed by atoms with Crippen LogP contribution in [0.5, 0.6) is 0 Å². The summed E-state index contributed by atoms with van der Waals surface area (Å²) in [5, 5.41) is 50.8. The van der Waals surface area contributed by atoms with Gasteiger partial charge in [0.1, 0.15) is 5.56 Å². The number of benzene rings is 14. The molecule has 6 unspecified atom stereocenters. The Balaban J connectivity index is 0.000000159. The number of anilines is 7. The van der Waals surface area contributed by atoms with Crippen molar-refractivity contribution in [1.82, 2.24) is 0 Å². The lowest BCUT2D eigenvalue weighted by atomic mass is 9.93. The first-order chi connectivity index (χ1) is 64.7. The zero-order valence-corrected chi connectivity index (χ0v) is 92.2. The Morgan fingerprint density at radius 1 is 0.360 bits per heavy atom. The molecule has 136 heavy (non-hydrogen) atoms. The summed E-state index contributed by atoms with van der Waals surface area (Å²) in [6, 6.07) is 102. The van der Waals surface area contributed by atoms with Crippen LogP contribution in [0.1, 0.15) is 83.2 Å². The fourth-order valence-electron chi connectivity index (χ4n) is 15.0. The third kappa shape index (κ3) is 27.0. The van der Waals surface area contributed by atoms with Gasteiger partial charge in [0.15, 0.2) is 28.7 Å². The van der Waals surface area contributed by atoms with Crippen LogP contribution >= 0.6 is 217 Å². The number of aliphatic hydroxyl groups is 3. The fourth-order valence-corrected chi connectivity index (χ4v) is 18.6. The molecule has 14 aromatic rings. The Labute approximate surface area is 898 Å². The van der Waals surface area contributed by atoms with Crippen LogP contribution in [0.4, 0.5) is 54.2 Å². The van der Waals surface area contributed by atoms with Gasteiger partial charge in [0, 0.05) is 144 Å². The minimum Gasteiger partial charge on any atom is -0.498 e. The topological polar surface area (TPSA) is 219 Å². The first-order valence-corrected chi connectivity index (χ1v) is 51.4. The summed E-state index contributed by atoms with van der Waals surface area (Å²) in [7, 11) is 0. The van der Waals surface area contributed by atoms with Crippen molar-refractivity contribution in [2.75, 3.05) is 35.1 Å². The summed E-state index contributed by atoms with van der Waals surface area (Å²) in [5.41, 5.74) is 10.1. The summed E-state index contributed by atoms with van der Waals surface area (Å²) in [6.45, 7) is 9.24. The second kappa shape index (κ2) is 49.5. The van der Waals surface area contributed by atoms with Crippen molar-refractivity contribution in [3.05, 3.63) is 454 Å². The Morgan fingerprint density at radius 3 is 0.846 bits per heavy atom. The lowest BCUT2D eigenvalue weighted by Crippen LogP contribution is -2.48. The van der Waals surface area contributed by atoms with E-state index < -0.39 is 35.3 Å². The molecule has 0 aliphatic carbocycles. The smallest absolute Gasteiger partial charge is 0.336 e. The Kier molecular flexibility index (Phi) is 39.3. The molecule has 8 atom stereocenters. The molecule has 17 nitrogen and oxygen atoms in total. The number of Topliss-reactive ketones (excluding diaryl/α,β-unsaturated/α-hetero) is 2. The van der Waals surface area contributed by atoms with Gasteiger partial charge in [0.05, 0.1) is 23.0 Å². The number of rotatable bonds is 15. The summed E-state index contributed by atoms with van der Waals surface area (Å²) < 4.78 is 8.48. The Bertz CT molecular complexity index is 6150. The number of nitrogens with two attached hydrogens (primary N) is 1. The molecule has 3 aliphatic rings. The quantitative estimate of drug-likeness (QED) is 0.0329. The molecule has 17 rings (SSSR count). The van der Waals surface area contributed by atoms with Crippen molar-refractivity contribution >= 4 is 287 Å². The van der Waals surface area contributed by atoms with Gasteiger partial charge in [-0.05, 0) is 307 Å².